The van der Waals surface area contributed by atoms with E-state index in [9.17, 15) is 0 Å². The molecule has 5 nitrogen and oxygen atoms in total. The van der Waals surface area contributed by atoms with Crippen LogP contribution in [-0.4, -0.2) is 20.2 Å². The normalized spacial score (nSPS) is 11.4. The highest BCUT2D eigenvalue weighted by molar-refractivity contribution is 6.35. The highest BCUT2D eigenvalue weighted by Gasteiger charge is 2.13. The number of pyridine rings is 1. The fourth-order valence-corrected chi connectivity index (χ4v) is 3.57. The molecule has 126 valence electrons. The van der Waals surface area contributed by atoms with Crippen molar-refractivity contribution >= 4 is 39.4 Å². The van der Waals surface area contributed by atoms with Gasteiger partial charge in [-0.2, -0.15) is 5.10 Å². The molecule has 0 bridgehead atoms. The minimum atomic E-state index is 0.438. The summed E-state index contributed by atoms with van der Waals surface area (Å²) >= 11 is 6.43. The lowest BCUT2D eigenvalue weighted by Gasteiger charge is -2.05. The van der Waals surface area contributed by atoms with Crippen molar-refractivity contribution in [1.29, 1.82) is 0 Å². The first-order valence-corrected chi connectivity index (χ1v) is 8.55. The molecular formula is C20H14ClN5. The SMILES string of the molecule is Nc1n[nH]c2c(Cl)cc(-c3ccnc4[nH]c(-c5ccccc5)cc34)cc12. The monoisotopic (exact) mass is 359 g/mol. The summed E-state index contributed by atoms with van der Waals surface area (Å²) in [5.74, 6) is 0.438. The van der Waals surface area contributed by atoms with E-state index in [1.165, 1.54) is 0 Å². The summed E-state index contributed by atoms with van der Waals surface area (Å²) in [5, 5.41) is 9.36. The van der Waals surface area contributed by atoms with Crippen LogP contribution in [0.1, 0.15) is 0 Å². The minimum Gasteiger partial charge on any atom is -0.382 e. The van der Waals surface area contributed by atoms with Gasteiger partial charge in [-0.05, 0) is 41.0 Å². The number of aromatic amines is 2. The third kappa shape index (κ3) is 2.25. The fraction of sp³-hybridized carbons (Fsp3) is 0. The van der Waals surface area contributed by atoms with Gasteiger partial charge in [0, 0.05) is 22.7 Å². The van der Waals surface area contributed by atoms with Crippen LogP contribution in [0.3, 0.4) is 0 Å². The van der Waals surface area contributed by atoms with Gasteiger partial charge in [0.2, 0.25) is 0 Å². The van der Waals surface area contributed by atoms with Crippen LogP contribution in [0.4, 0.5) is 5.82 Å². The zero-order chi connectivity index (χ0) is 17.7. The van der Waals surface area contributed by atoms with E-state index in [1.807, 2.05) is 36.4 Å². The molecule has 0 unspecified atom stereocenters. The first kappa shape index (κ1) is 15.0. The Morgan fingerprint density at radius 3 is 2.62 bits per heavy atom. The number of aromatic nitrogens is 4. The van der Waals surface area contributed by atoms with Crippen LogP contribution in [0.15, 0.2) is 60.8 Å². The van der Waals surface area contributed by atoms with Crippen LogP contribution in [0.2, 0.25) is 5.02 Å². The van der Waals surface area contributed by atoms with E-state index in [2.05, 4.69) is 38.4 Å². The number of hydrogen-bond donors (Lipinski definition) is 3. The van der Waals surface area contributed by atoms with Crippen LogP contribution in [0.25, 0.3) is 44.3 Å². The first-order valence-electron chi connectivity index (χ1n) is 8.17. The second kappa shape index (κ2) is 5.61. The Balaban J connectivity index is 1.75. The number of nitrogens with zero attached hydrogens (tertiary/aromatic N) is 2. The Labute approximate surface area is 153 Å². The lowest BCUT2D eigenvalue weighted by Crippen LogP contribution is -1.86. The van der Waals surface area contributed by atoms with Crippen molar-refractivity contribution in [2.45, 2.75) is 0 Å². The van der Waals surface area contributed by atoms with E-state index in [0.717, 1.165) is 44.3 Å². The van der Waals surface area contributed by atoms with Crippen molar-refractivity contribution in [3.8, 4) is 22.4 Å². The van der Waals surface area contributed by atoms with Crippen LogP contribution >= 0.6 is 11.6 Å². The number of benzene rings is 2. The quantitative estimate of drug-likeness (QED) is 0.414. The predicted molar refractivity (Wildman–Crippen MR) is 106 cm³/mol. The van der Waals surface area contributed by atoms with Gasteiger partial charge in [-0.1, -0.05) is 41.9 Å². The third-order valence-electron chi connectivity index (χ3n) is 4.58. The molecule has 0 aliphatic rings. The van der Waals surface area contributed by atoms with Gasteiger partial charge in [0.15, 0.2) is 5.82 Å². The Morgan fingerprint density at radius 1 is 0.923 bits per heavy atom. The number of nitrogens with one attached hydrogen (secondary N) is 2. The van der Waals surface area contributed by atoms with Crippen LogP contribution in [-0.2, 0) is 0 Å². The molecule has 0 saturated heterocycles. The molecule has 0 spiro atoms. The Kier molecular flexibility index (Phi) is 3.23. The smallest absolute Gasteiger partial charge is 0.153 e. The summed E-state index contributed by atoms with van der Waals surface area (Å²) in [6.45, 7) is 0. The van der Waals surface area contributed by atoms with E-state index >= 15 is 0 Å². The van der Waals surface area contributed by atoms with Gasteiger partial charge >= 0.3 is 0 Å². The molecule has 3 heterocycles. The Bertz CT molecular complexity index is 1250. The second-order valence-electron chi connectivity index (χ2n) is 6.16. The van der Waals surface area contributed by atoms with Gasteiger partial charge < -0.3 is 10.7 Å². The lowest BCUT2D eigenvalue weighted by molar-refractivity contribution is 1.13. The van der Waals surface area contributed by atoms with E-state index in [4.69, 9.17) is 17.3 Å². The number of hydrogen-bond acceptors (Lipinski definition) is 3. The highest BCUT2D eigenvalue weighted by Crippen LogP contribution is 2.36. The highest BCUT2D eigenvalue weighted by atomic mass is 35.5. The van der Waals surface area contributed by atoms with E-state index in [0.29, 0.717) is 10.8 Å². The Hall–Kier alpha value is -3.31. The number of halogens is 1. The van der Waals surface area contributed by atoms with E-state index in [1.54, 1.807) is 6.20 Å². The molecule has 5 aromatic rings. The third-order valence-corrected chi connectivity index (χ3v) is 4.88. The fourth-order valence-electron chi connectivity index (χ4n) is 3.31. The average Bonchev–Trinajstić information content (AvgIpc) is 3.26. The van der Waals surface area contributed by atoms with E-state index < -0.39 is 0 Å². The standard InChI is InChI=1S/C20H14ClN5/c21-16-9-12(8-15-18(16)25-26-19(15)22)13-6-7-23-20-14(13)10-17(24-20)11-4-2-1-3-5-11/h1-10H,(H,23,24)(H3,22,25,26). The van der Waals surface area contributed by atoms with Crippen molar-refractivity contribution in [2.24, 2.45) is 0 Å². The molecule has 0 saturated carbocycles. The molecule has 0 fully saturated rings. The molecule has 26 heavy (non-hydrogen) atoms. The van der Waals surface area contributed by atoms with Gasteiger partial charge in [0.25, 0.3) is 0 Å². The molecule has 5 rings (SSSR count). The maximum atomic E-state index is 6.43. The van der Waals surface area contributed by atoms with Crippen molar-refractivity contribution in [2.75, 3.05) is 5.73 Å². The topological polar surface area (TPSA) is 83.4 Å². The van der Waals surface area contributed by atoms with Gasteiger partial charge in [-0.25, -0.2) is 4.98 Å². The van der Waals surface area contributed by atoms with E-state index in [-0.39, 0.29) is 0 Å². The summed E-state index contributed by atoms with van der Waals surface area (Å²) in [4.78, 5) is 7.87. The molecule has 0 aliphatic carbocycles. The molecule has 0 amide bonds. The molecule has 6 heteroatoms. The molecule has 0 aliphatic heterocycles. The molecular weight excluding hydrogens is 346 g/mol. The summed E-state index contributed by atoms with van der Waals surface area (Å²) in [7, 11) is 0. The summed E-state index contributed by atoms with van der Waals surface area (Å²) in [5.41, 5.74) is 11.7. The molecule has 3 aromatic heterocycles. The van der Waals surface area contributed by atoms with Gasteiger partial charge in [-0.15, -0.1) is 0 Å². The predicted octanol–water partition coefficient (Wildman–Crippen LogP) is 5.01. The number of H-pyrrole nitrogens is 2. The average molecular weight is 360 g/mol. The zero-order valence-electron chi connectivity index (χ0n) is 13.6. The maximum Gasteiger partial charge on any atom is 0.153 e. The summed E-state index contributed by atoms with van der Waals surface area (Å²) < 4.78 is 0. The number of anilines is 1. The van der Waals surface area contributed by atoms with Crippen molar-refractivity contribution < 1.29 is 0 Å². The van der Waals surface area contributed by atoms with Crippen molar-refractivity contribution in [1.82, 2.24) is 20.2 Å². The van der Waals surface area contributed by atoms with Gasteiger partial charge in [0.1, 0.15) is 5.65 Å². The van der Waals surface area contributed by atoms with Gasteiger partial charge in [-0.3, -0.25) is 5.10 Å². The van der Waals surface area contributed by atoms with Crippen LogP contribution < -0.4 is 5.73 Å². The largest absolute Gasteiger partial charge is 0.382 e. The zero-order valence-corrected chi connectivity index (χ0v) is 14.4. The van der Waals surface area contributed by atoms with Crippen LogP contribution in [0.5, 0.6) is 0 Å². The first-order chi connectivity index (χ1) is 12.7. The lowest BCUT2D eigenvalue weighted by atomic mass is 10.0. The van der Waals surface area contributed by atoms with Gasteiger partial charge in [0.05, 0.1) is 10.5 Å². The minimum absolute atomic E-state index is 0.438. The second-order valence-corrected chi connectivity index (χ2v) is 6.57. The molecule has 4 N–H and O–H groups in total. The van der Waals surface area contributed by atoms with Crippen LogP contribution in [0, 0.1) is 0 Å². The van der Waals surface area contributed by atoms with Crippen molar-refractivity contribution in [3.63, 3.8) is 0 Å². The summed E-state index contributed by atoms with van der Waals surface area (Å²) in [6.07, 6.45) is 1.79. The molecule has 0 atom stereocenters. The summed E-state index contributed by atoms with van der Waals surface area (Å²) in [6, 6.07) is 18.2. The number of rotatable bonds is 2. The molecule has 0 radical (unpaired) electrons. The van der Waals surface area contributed by atoms with Crippen molar-refractivity contribution in [3.05, 3.63) is 65.8 Å². The molecule has 2 aromatic carbocycles. The number of fused-ring (bicyclic) bond motifs is 2. The Morgan fingerprint density at radius 2 is 1.77 bits per heavy atom. The number of nitrogens with two attached hydrogens (primary N) is 1. The maximum absolute atomic E-state index is 6.43. The number of nitrogen functional groups attached to an aromatic ring is 1.